The highest BCUT2D eigenvalue weighted by Gasteiger charge is 2.36. The molecule has 0 saturated heterocycles. The summed E-state index contributed by atoms with van der Waals surface area (Å²) in [5.41, 5.74) is 2.45. The molecule has 0 fully saturated rings. The van der Waals surface area contributed by atoms with Crippen molar-refractivity contribution < 1.29 is 38.9 Å². The van der Waals surface area contributed by atoms with E-state index in [1.165, 1.54) is 18.2 Å². The first kappa shape index (κ1) is 29.4. The monoisotopic (exact) mass is 586 g/mol. The summed E-state index contributed by atoms with van der Waals surface area (Å²) in [5, 5.41) is -0.0922. The van der Waals surface area contributed by atoms with Crippen LogP contribution in [0.5, 0.6) is 0 Å². The third kappa shape index (κ3) is 5.96. The second-order valence-corrected chi connectivity index (χ2v) is 15.2. The molecule has 0 heterocycles. The van der Waals surface area contributed by atoms with Gasteiger partial charge >= 0.3 is 0 Å². The number of hydrogen-bond donors (Lipinski definition) is 3. The molecule has 3 aromatic carbocycles. The molecule has 3 rings (SSSR count). The van der Waals surface area contributed by atoms with Crippen molar-refractivity contribution in [2.45, 2.75) is 56.2 Å². The van der Waals surface area contributed by atoms with Crippen molar-refractivity contribution in [2.24, 2.45) is 0 Å². The fraction of sp³-hybridized carbons (Fsp3) is 0.250. The minimum absolute atomic E-state index is 0.0307. The Balaban J connectivity index is 2.77. The lowest BCUT2D eigenvalue weighted by Gasteiger charge is -2.29. The molecule has 37 heavy (non-hydrogen) atoms. The molecule has 0 atom stereocenters. The van der Waals surface area contributed by atoms with Gasteiger partial charge in [0.15, 0.2) is 0 Å². The van der Waals surface area contributed by atoms with Crippen molar-refractivity contribution in [1.82, 2.24) is 0 Å². The quantitative estimate of drug-likeness (QED) is 0.291. The molecule has 0 aliphatic carbocycles. The van der Waals surface area contributed by atoms with E-state index in [-0.39, 0.29) is 15.9 Å². The third-order valence-electron chi connectivity index (χ3n) is 5.73. The largest absolute Gasteiger partial charge is 0.295 e. The molecule has 0 amide bonds. The van der Waals surface area contributed by atoms with Crippen molar-refractivity contribution >= 4 is 54.2 Å². The maximum absolute atomic E-state index is 12.6. The Labute approximate surface area is 218 Å². The molecule has 0 aromatic heterocycles. The zero-order valence-corrected chi connectivity index (χ0v) is 24.3. The number of benzene rings is 3. The molecule has 0 saturated carbocycles. The van der Waals surface area contributed by atoms with E-state index >= 15 is 0 Å². The van der Waals surface area contributed by atoms with Crippen LogP contribution in [0.4, 0.5) is 0 Å². The summed E-state index contributed by atoms with van der Waals surface area (Å²) in [7, 11) is -17.1. The molecule has 9 nitrogen and oxygen atoms in total. The van der Waals surface area contributed by atoms with Crippen LogP contribution in [0, 0.1) is 41.5 Å². The van der Waals surface area contributed by atoms with E-state index < -0.39 is 53.0 Å². The maximum atomic E-state index is 12.6. The molecule has 3 N–H and O–H groups in total. The average molecular weight is 587 g/mol. The van der Waals surface area contributed by atoms with Gasteiger partial charge in [-0.3, -0.25) is 13.7 Å². The molecule has 3 aromatic rings. The molecule has 13 heteroatoms. The van der Waals surface area contributed by atoms with Crippen LogP contribution in [0.1, 0.15) is 33.4 Å². The van der Waals surface area contributed by atoms with Gasteiger partial charge < -0.3 is 0 Å². The zero-order chi connectivity index (χ0) is 28.2. The summed E-state index contributed by atoms with van der Waals surface area (Å²) < 4.78 is 106. The van der Waals surface area contributed by atoms with Crippen LogP contribution in [0.15, 0.2) is 51.1 Å². The van der Waals surface area contributed by atoms with Crippen molar-refractivity contribution in [3.05, 3.63) is 69.8 Å². The van der Waals surface area contributed by atoms with Gasteiger partial charge in [0.05, 0.1) is 0 Å². The van der Waals surface area contributed by atoms with E-state index in [1.54, 1.807) is 59.7 Å². The summed E-state index contributed by atoms with van der Waals surface area (Å²) in [6.07, 6.45) is 0. The standard InChI is InChI=1S/C24H27O9PS3/c1-13-7-16(4)22(19(10-13)35(25,26)27)34(23-17(5)8-14(2)11-20(23)36(28,29)30)24-18(6)9-15(3)12-21(24)37(31,32)33/h7-12H,1-6H3,(H,25,26,27)(H,28,29,30)(H,31,32,33). The zero-order valence-electron chi connectivity index (χ0n) is 20.9. The van der Waals surface area contributed by atoms with E-state index in [2.05, 4.69) is 0 Å². The minimum Gasteiger partial charge on any atom is -0.282 e. The first-order valence-corrected chi connectivity index (χ1v) is 16.5. The van der Waals surface area contributed by atoms with Gasteiger partial charge in [-0.2, -0.15) is 25.3 Å². The highest BCUT2D eigenvalue weighted by Crippen LogP contribution is 2.43. The fourth-order valence-corrected chi connectivity index (χ4v) is 11.4. The molecular formula is C24H27O9PS3. The second-order valence-electron chi connectivity index (χ2n) is 9.05. The van der Waals surface area contributed by atoms with Crippen LogP contribution in [-0.2, 0) is 30.4 Å². The van der Waals surface area contributed by atoms with Crippen LogP contribution in [0.2, 0.25) is 0 Å². The maximum Gasteiger partial charge on any atom is 0.295 e. The molecule has 0 bridgehead atoms. The van der Waals surface area contributed by atoms with E-state index in [4.69, 9.17) is 0 Å². The summed E-state index contributed by atoms with van der Waals surface area (Å²) in [5.74, 6) is 0. The molecule has 0 aliphatic heterocycles. The van der Waals surface area contributed by atoms with Gasteiger partial charge in [-0.25, -0.2) is 0 Å². The summed E-state index contributed by atoms with van der Waals surface area (Å²) in [4.78, 5) is -1.59. The lowest BCUT2D eigenvalue weighted by atomic mass is 10.1. The van der Waals surface area contributed by atoms with E-state index in [9.17, 15) is 38.9 Å². The van der Waals surface area contributed by atoms with E-state index in [1.807, 2.05) is 0 Å². The molecular weight excluding hydrogens is 559 g/mol. The average Bonchev–Trinajstić information content (AvgIpc) is 2.68. The van der Waals surface area contributed by atoms with Gasteiger partial charge in [-0.05, 0) is 101 Å². The van der Waals surface area contributed by atoms with Gasteiger partial charge in [0, 0.05) is 15.9 Å². The number of rotatable bonds is 6. The van der Waals surface area contributed by atoms with Crippen molar-refractivity contribution in [1.29, 1.82) is 0 Å². The van der Waals surface area contributed by atoms with Crippen molar-refractivity contribution in [3.8, 4) is 0 Å². The predicted octanol–water partition coefficient (Wildman–Crippen LogP) is 3.04. The van der Waals surface area contributed by atoms with Crippen LogP contribution in [0.25, 0.3) is 0 Å². The lowest BCUT2D eigenvalue weighted by molar-refractivity contribution is 0.481. The van der Waals surface area contributed by atoms with Crippen LogP contribution in [0.3, 0.4) is 0 Å². The first-order chi connectivity index (χ1) is 16.7. The highest BCUT2D eigenvalue weighted by molar-refractivity contribution is 7.91. The van der Waals surface area contributed by atoms with Crippen molar-refractivity contribution in [2.75, 3.05) is 0 Å². The Morgan fingerprint density at radius 3 is 0.865 bits per heavy atom. The Kier molecular flexibility index (Phi) is 7.82. The van der Waals surface area contributed by atoms with Crippen molar-refractivity contribution in [3.63, 3.8) is 0 Å². The summed E-state index contributed by atoms with van der Waals surface area (Å²) >= 11 is 0. The van der Waals surface area contributed by atoms with Crippen LogP contribution >= 0.6 is 7.92 Å². The van der Waals surface area contributed by atoms with Gasteiger partial charge in [-0.1, -0.05) is 18.2 Å². The van der Waals surface area contributed by atoms with Gasteiger partial charge in [0.2, 0.25) is 0 Å². The summed E-state index contributed by atoms with van der Waals surface area (Å²) in [6, 6.07) is 8.48. The Bertz CT molecular complexity index is 1550. The van der Waals surface area contributed by atoms with E-state index in [0.717, 1.165) is 0 Å². The Hall–Kier alpha value is -2.18. The van der Waals surface area contributed by atoms with Gasteiger partial charge in [0.1, 0.15) is 14.7 Å². The molecule has 0 spiro atoms. The fourth-order valence-electron chi connectivity index (χ4n) is 4.55. The molecule has 0 unspecified atom stereocenters. The Morgan fingerprint density at radius 2 is 0.676 bits per heavy atom. The smallest absolute Gasteiger partial charge is 0.282 e. The van der Waals surface area contributed by atoms with Crippen LogP contribution in [-0.4, -0.2) is 38.9 Å². The highest BCUT2D eigenvalue weighted by atomic mass is 32.2. The summed E-state index contributed by atoms with van der Waals surface area (Å²) in [6.45, 7) is 9.48. The minimum atomic E-state index is -4.89. The second kappa shape index (κ2) is 9.85. The first-order valence-electron chi connectivity index (χ1n) is 10.8. The molecule has 0 aliphatic rings. The Morgan fingerprint density at radius 1 is 0.459 bits per heavy atom. The van der Waals surface area contributed by atoms with Gasteiger partial charge in [-0.15, -0.1) is 0 Å². The SMILES string of the molecule is Cc1cc(C)c(P(c2c(C)cc(C)cc2S(=O)(=O)O)c2c(C)cc(C)cc2S(=O)(=O)O)c(S(=O)(=O)O)c1. The molecule has 200 valence electrons. The molecule has 0 radical (unpaired) electrons. The number of aryl methyl sites for hydroxylation is 6. The van der Waals surface area contributed by atoms with E-state index in [0.29, 0.717) is 33.4 Å². The number of hydrogen-bond acceptors (Lipinski definition) is 6. The predicted molar refractivity (Wildman–Crippen MR) is 143 cm³/mol. The van der Waals surface area contributed by atoms with Gasteiger partial charge in [0.25, 0.3) is 30.4 Å². The topological polar surface area (TPSA) is 163 Å². The third-order valence-corrected chi connectivity index (χ3v) is 11.9. The lowest BCUT2D eigenvalue weighted by Crippen LogP contribution is -2.34. The normalized spacial score (nSPS) is 12.8. The van der Waals surface area contributed by atoms with Crippen LogP contribution < -0.4 is 15.9 Å².